The van der Waals surface area contributed by atoms with Crippen LogP contribution in [0, 0.1) is 0 Å². The van der Waals surface area contributed by atoms with Crippen LogP contribution in [0.25, 0.3) is 26.1 Å². The van der Waals surface area contributed by atoms with Gasteiger partial charge in [0.05, 0.1) is 10.2 Å². The summed E-state index contributed by atoms with van der Waals surface area (Å²) in [6.45, 7) is 0. The summed E-state index contributed by atoms with van der Waals surface area (Å²) in [5, 5.41) is 10.0. The minimum absolute atomic E-state index is 0.0462. The maximum absolute atomic E-state index is 13.8. The lowest BCUT2D eigenvalue weighted by Crippen LogP contribution is -2.10. The Morgan fingerprint density at radius 1 is 0.935 bits per heavy atom. The molecule has 0 spiro atoms. The van der Waals surface area contributed by atoms with Gasteiger partial charge < -0.3 is 4.98 Å². The number of H-pyrrole nitrogens is 1. The molecular weight excluding hydrogens is 424 g/mol. The van der Waals surface area contributed by atoms with E-state index in [1.165, 1.54) is 11.8 Å². The van der Waals surface area contributed by atoms with Crippen molar-refractivity contribution in [1.82, 2.24) is 19.6 Å². The van der Waals surface area contributed by atoms with Crippen LogP contribution in [0.1, 0.15) is 21.2 Å². The Morgan fingerprint density at radius 2 is 1.71 bits per heavy atom. The zero-order chi connectivity index (χ0) is 20.8. The van der Waals surface area contributed by atoms with Gasteiger partial charge in [-0.15, -0.1) is 10.2 Å². The van der Waals surface area contributed by atoms with Crippen molar-refractivity contribution >= 4 is 55.0 Å². The maximum Gasteiger partial charge on any atom is 0.217 e. The predicted molar refractivity (Wildman–Crippen MR) is 126 cm³/mol. The summed E-state index contributed by atoms with van der Waals surface area (Å²) >= 11 is 3.04. The molecule has 6 rings (SSSR count). The summed E-state index contributed by atoms with van der Waals surface area (Å²) in [6, 6.07) is 25.9. The second-order valence-electron chi connectivity index (χ2n) is 7.19. The molecule has 150 valence electrons. The van der Waals surface area contributed by atoms with Crippen LogP contribution in [0.2, 0.25) is 0 Å². The largest absolute Gasteiger partial charge is 0.360 e. The number of aromatic nitrogens is 4. The Balaban J connectivity index is 1.48. The number of ketones is 1. The van der Waals surface area contributed by atoms with Gasteiger partial charge in [-0.05, 0) is 23.8 Å². The molecule has 0 saturated heterocycles. The van der Waals surface area contributed by atoms with Crippen molar-refractivity contribution in [2.45, 2.75) is 10.4 Å². The molecular formula is C24H16N4OS2. The highest BCUT2D eigenvalue weighted by Crippen LogP contribution is 2.40. The van der Waals surface area contributed by atoms with Gasteiger partial charge in [0.25, 0.3) is 0 Å². The third-order valence-electron chi connectivity index (χ3n) is 5.33. The molecule has 5 nitrogen and oxygen atoms in total. The number of carbonyl (C=O) groups is 1. The molecule has 0 saturated carbocycles. The van der Waals surface area contributed by atoms with Gasteiger partial charge in [0, 0.05) is 22.7 Å². The highest BCUT2D eigenvalue weighted by Gasteiger charge is 2.28. The van der Waals surface area contributed by atoms with Gasteiger partial charge in [0.2, 0.25) is 4.96 Å². The molecule has 3 heterocycles. The number of benzene rings is 3. The van der Waals surface area contributed by atoms with Gasteiger partial charge in [-0.25, -0.2) is 0 Å². The summed E-state index contributed by atoms with van der Waals surface area (Å²) in [5.41, 5.74) is 3.64. The summed E-state index contributed by atoms with van der Waals surface area (Å²) in [7, 11) is 0. The first-order chi connectivity index (χ1) is 15.3. The van der Waals surface area contributed by atoms with Crippen LogP contribution in [0.4, 0.5) is 0 Å². The fourth-order valence-corrected chi connectivity index (χ4v) is 5.99. The third-order valence-corrected chi connectivity index (χ3v) is 7.54. The molecule has 0 aliphatic carbocycles. The molecule has 3 aromatic heterocycles. The summed E-state index contributed by atoms with van der Waals surface area (Å²) < 4.78 is 3.19. The lowest BCUT2D eigenvalue weighted by Gasteiger charge is -2.14. The Bertz CT molecular complexity index is 1550. The second kappa shape index (κ2) is 7.37. The monoisotopic (exact) mass is 440 g/mol. The topological polar surface area (TPSA) is 63.0 Å². The first-order valence-corrected chi connectivity index (χ1v) is 11.5. The van der Waals surface area contributed by atoms with Crippen LogP contribution >= 0.6 is 23.1 Å². The van der Waals surface area contributed by atoms with E-state index in [9.17, 15) is 4.79 Å². The number of Topliss-reactive ketones (excluding diaryl/α,β-unsaturated/α-hetero) is 1. The van der Waals surface area contributed by atoms with Crippen molar-refractivity contribution in [1.29, 1.82) is 0 Å². The first kappa shape index (κ1) is 18.4. The molecule has 0 fully saturated rings. The van der Waals surface area contributed by atoms with Gasteiger partial charge in [-0.1, -0.05) is 83.8 Å². The number of hydrogen-bond acceptors (Lipinski definition) is 5. The standard InChI is InChI=1S/C24H16N4OS2/c29-21(17-14-25-18-11-5-4-10-16(17)18)22(15-8-2-1-3-9-15)31-24-27-26-23-28(24)19-12-6-7-13-20(19)30-23/h1-14,22,25H/t22-/m0/s1. The van der Waals surface area contributed by atoms with E-state index in [0.29, 0.717) is 5.56 Å². The van der Waals surface area contributed by atoms with E-state index < -0.39 is 5.25 Å². The lowest BCUT2D eigenvalue weighted by molar-refractivity contribution is 0.0991. The van der Waals surface area contributed by atoms with Crippen LogP contribution in [-0.2, 0) is 0 Å². The fourth-order valence-electron chi connectivity index (χ4n) is 3.85. The highest BCUT2D eigenvalue weighted by atomic mass is 32.2. The zero-order valence-corrected chi connectivity index (χ0v) is 17.9. The van der Waals surface area contributed by atoms with E-state index >= 15 is 0 Å². The zero-order valence-electron chi connectivity index (χ0n) is 16.2. The van der Waals surface area contributed by atoms with Gasteiger partial charge in [0.1, 0.15) is 5.25 Å². The molecule has 0 bridgehead atoms. The van der Waals surface area contributed by atoms with Crippen molar-refractivity contribution in [3.8, 4) is 0 Å². The van der Waals surface area contributed by atoms with E-state index in [-0.39, 0.29) is 5.78 Å². The van der Waals surface area contributed by atoms with E-state index in [1.807, 2.05) is 77.3 Å². The van der Waals surface area contributed by atoms with E-state index in [2.05, 4.69) is 27.3 Å². The minimum atomic E-state index is -0.438. The van der Waals surface area contributed by atoms with Crippen molar-refractivity contribution in [3.05, 3.63) is 96.2 Å². The number of fused-ring (bicyclic) bond motifs is 4. The number of para-hydroxylation sites is 2. The molecule has 3 aromatic carbocycles. The number of nitrogens with one attached hydrogen (secondary N) is 1. The van der Waals surface area contributed by atoms with Crippen LogP contribution in [-0.4, -0.2) is 25.4 Å². The molecule has 0 amide bonds. The smallest absolute Gasteiger partial charge is 0.217 e. The van der Waals surface area contributed by atoms with E-state index in [1.54, 1.807) is 11.3 Å². The van der Waals surface area contributed by atoms with Gasteiger partial charge in [-0.3, -0.25) is 9.20 Å². The molecule has 0 aliphatic heterocycles. The molecule has 31 heavy (non-hydrogen) atoms. The Kier molecular flexibility index (Phi) is 4.36. The Hall–Kier alpha value is -3.42. The number of carbonyl (C=O) groups excluding carboxylic acids is 1. The summed E-state index contributed by atoms with van der Waals surface area (Å²) in [5.74, 6) is 0.0462. The third kappa shape index (κ3) is 3.05. The average Bonchev–Trinajstić information content (AvgIpc) is 3.51. The molecule has 1 N–H and O–H groups in total. The highest BCUT2D eigenvalue weighted by molar-refractivity contribution is 8.00. The van der Waals surface area contributed by atoms with Crippen molar-refractivity contribution < 1.29 is 4.79 Å². The number of aromatic amines is 1. The predicted octanol–water partition coefficient (Wildman–Crippen LogP) is 6.14. The Labute approximate surface area is 185 Å². The number of hydrogen-bond donors (Lipinski definition) is 1. The minimum Gasteiger partial charge on any atom is -0.360 e. The van der Waals surface area contributed by atoms with Crippen molar-refractivity contribution in [2.75, 3.05) is 0 Å². The molecule has 1 atom stereocenters. The van der Waals surface area contributed by atoms with Crippen molar-refractivity contribution in [3.63, 3.8) is 0 Å². The van der Waals surface area contributed by atoms with Crippen LogP contribution in [0.15, 0.2) is 90.2 Å². The maximum atomic E-state index is 13.8. The molecule has 7 heteroatoms. The van der Waals surface area contributed by atoms with Crippen molar-refractivity contribution in [2.24, 2.45) is 0 Å². The molecule has 0 radical (unpaired) electrons. The van der Waals surface area contributed by atoms with E-state index in [4.69, 9.17) is 0 Å². The van der Waals surface area contributed by atoms with Crippen LogP contribution in [0.5, 0.6) is 0 Å². The first-order valence-electron chi connectivity index (χ1n) is 9.84. The number of nitrogens with zero attached hydrogens (tertiary/aromatic N) is 3. The Morgan fingerprint density at radius 3 is 2.61 bits per heavy atom. The molecule has 6 aromatic rings. The fraction of sp³-hybridized carbons (Fsp3) is 0.0417. The quantitative estimate of drug-likeness (QED) is 0.258. The van der Waals surface area contributed by atoms with Crippen LogP contribution < -0.4 is 0 Å². The second-order valence-corrected chi connectivity index (χ2v) is 9.27. The number of thiazole rings is 1. The van der Waals surface area contributed by atoms with E-state index in [0.717, 1.165) is 36.8 Å². The number of thioether (sulfide) groups is 1. The van der Waals surface area contributed by atoms with Gasteiger partial charge in [-0.2, -0.15) is 0 Å². The SMILES string of the molecule is O=C(c1c[nH]c2ccccc12)[C@@H](Sc1nnc2sc3ccccc3n12)c1ccccc1. The molecule has 0 aliphatic rings. The average molecular weight is 441 g/mol. The van der Waals surface area contributed by atoms with Crippen LogP contribution in [0.3, 0.4) is 0 Å². The normalized spacial score (nSPS) is 12.6. The molecule has 0 unspecified atom stereocenters. The van der Waals surface area contributed by atoms with Gasteiger partial charge in [0.15, 0.2) is 10.9 Å². The lowest BCUT2D eigenvalue weighted by atomic mass is 10.0. The number of rotatable bonds is 5. The van der Waals surface area contributed by atoms with Gasteiger partial charge >= 0.3 is 0 Å². The summed E-state index contributed by atoms with van der Waals surface area (Å²) in [4.78, 5) is 17.8. The summed E-state index contributed by atoms with van der Waals surface area (Å²) in [6.07, 6.45) is 1.81.